The van der Waals surface area contributed by atoms with E-state index < -0.39 is 0 Å². The van der Waals surface area contributed by atoms with Gasteiger partial charge in [0.1, 0.15) is 12.4 Å². The number of ether oxygens (including phenoxy) is 3. The highest BCUT2D eigenvalue weighted by atomic mass is 35.5. The molecule has 3 aromatic carbocycles. The summed E-state index contributed by atoms with van der Waals surface area (Å²) in [7, 11) is 1.57. The van der Waals surface area contributed by atoms with Crippen molar-refractivity contribution >= 4 is 57.6 Å². The first-order chi connectivity index (χ1) is 17.9. The van der Waals surface area contributed by atoms with E-state index in [9.17, 15) is 4.79 Å². The average Bonchev–Trinajstić information content (AvgIpc) is 3.17. The van der Waals surface area contributed by atoms with Gasteiger partial charge in [-0.25, -0.2) is 0 Å². The predicted octanol–water partition coefficient (Wildman–Crippen LogP) is 7.46. The fourth-order valence-corrected chi connectivity index (χ4v) is 5.29. The molecular weight excluding hydrogens is 526 g/mol. The molecule has 1 amide bonds. The lowest BCUT2D eigenvalue weighted by Crippen LogP contribution is -2.27. The molecule has 4 rings (SSSR count). The standard InChI is InChI=1S/C29H26ClNO4S2/c1-4-8-21-15-20(16-25(34-5-2)27(21)35-18-19-11-13-22(30)14-12-19)17-26-28(32)31(29(36)37-26)23-9-6-7-10-24(23)33-3/h4,6-7,9-17H,1,5,8,18H2,2-3H3/b26-17-. The van der Waals surface area contributed by atoms with Crippen molar-refractivity contribution in [3.63, 3.8) is 0 Å². The van der Waals surface area contributed by atoms with Crippen LogP contribution in [0.5, 0.6) is 17.2 Å². The van der Waals surface area contributed by atoms with Crippen molar-refractivity contribution in [2.24, 2.45) is 0 Å². The summed E-state index contributed by atoms with van der Waals surface area (Å²) in [5.74, 6) is 1.62. The Morgan fingerprint density at radius 3 is 2.54 bits per heavy atom. The van der Waals surface area contributed by atoms with Crippen LogP contribution in [-0.2, 0) is 17.8 Å². The Morgan fingerprint density at radius 2 is 1.84 bits per heavy atom. The number of thiocarbonyl (C=S) groups is 1. The monoisotopic (exact) mass is 551 g/mol. The van der Waals surface area contributed by atoms with Gasteiger partial charge in [0, 0.05) is 10.6 Å². The van der Waals surface area contributed by atoms with Gasteiger partial charge in [-0.05, 0) is 66.9 Å². The van der Waals surface area contributed by atoms with Crippen molar-refractivity contribution in [1.82, 2.24) is 0 Å². The van der Waals surface area contributed by atoms with Crippen molar-refractivity contribution < 1.29 is 19.0 Å². The number of carbonyl (C=O) groups excluding carboxylic acids is 1. The molecule has 0 bridgehead atoms. The summed E-state index contributed by atoms with van der Waals surface area (Å²) in [4.78, 5) is 15.4. The molecule has 8 heteroatoms. The number of hydrogen-bond donors (Lipinski definition) is 0. The van der Waals surface area contributed by atoms with Gasteiger partial charge < -0.3 is 14.2 Å². The van der Waals surface area contributed by atoms with Crippen molar-refractivity contribution in [2.45, 2.75) is 20.0 Å². The van der Waals surface area contributed by atoms with Gasteiger partial charge in [-0.2, -0.15) is 0 Å². The molecule has 3 aromatic rings. The minimum absolute atomic E-state index is 0.203. The fraction of sp³-hybridized carbons (Fsp3) is 0.172. The summed E-state index contributed by atoms with van der Waals surface area (Å²) in [5, 5.41) is 0.673. The van der Waals surface area contributed by atoms with E-state index in [-0.39, 0.29) is 5.91 Å². The minimum atomic E-state index is -0.203. The van der Waals surface area contributed by atoms with Crippen LogP contribution in [0.3, 0.4) is 0 Å². The third kappa shape index (κ3) is 6.18. The molecule has 5 nitrogen and oxygen atoms in total. The lowest BCUT2D eigenvalue weighted by atomic mass is 10.0. The second kappa shape index (κ2) is 12.3. The number of nitrogens with zero attached hydrogens (tertiary/aromatic N) is 1. The first kappa shape index (κ1) is 26.8. The van der Waals surface area contributed by atoms with E-state index in [0.29, 0.717) is 56.8 Å². The van der Waals surface area contributed by atoms with E-state index in [2.05, 4.69) is 6.58 Å². The van der Waals surface area contributed by atoms with Crippen LogP contribution in [0.25, 0.3) is 6.08 Å². The molecule has 0 aromatic heterocycles. The molecular formula is C29H26ClNO4S2. The highest BCUT2D eigenvalue weighted by Gasteiger charge is 2.35. The lowest BCUT2D eigenvalue weighted by Gasteiger charge is -2.18. The maximum atomic E-state index is 13.4. The minimum Gasteiger partial charge on any atom is -0.495 e. The molecule has 0 saturated carbocycles. The van der Waals surface area contributed by atoms with Gasteiger partial charge in [0.25, 0.3) is 5.91 Å². The van der Waals surface area contributed by atoms with Gasteiger partial charge in [0.15, 0.2) is 15.8 Å². The summed E-state index contributed by atoms with van der Waals surface area (Å²) in [5.41, 5.74) is 3.31. The van der Waals surface area contributed by atoms with Crippen LogP contribution in [-0.4, -0.2) is 23.9 Å². The first-order valence-corrected chi connectivity index (χ1v) is 13.2. The highest BCUT2D eigenvalue weighted by Crippen LogP contribution is 2.41. The Hall–Kier alpha value is -3.26. The smallest absolute Gasteiger partial charge is 0.270 e. The molecule has 0 aliphatic carbocycles. The van der Waals surface area contributed by atoms with Crippen LogP contribution >= 0.6 is 35.6 Å². The number of para-hydroxylation sites is 2. The number of amides is 1. The number of thioether (sulfide) groups is 1. The Balaban J connectivity index is 1.67. The zero-order valence-electron chi connectivity index (χ0n) is 20.5. The molecule has 1 heterocycles. The van der Waals surface area contributed by atoms with E-state index in [1.54, 1.807) is 13.2 Å². The molecule has 1 fully saturated rings. The average molecular weight is 552 g/mol. The lowest BCUT2D eigenvalue weighted by molar-refractivity contribution is -0.113. The number of benzene rings is 3. The van der Waals surface area contributed by atoms with Crippen LogP contribution in [0.4, 0.5) is 5.69 Å². The first-order valence-electron chi connectivity index (χ1n) is 11.6. The SMILES string of the molecule is C=CCc1cc(/C=C2\SC(=S)N(c3ccccc3OC)C2=O)cc(OCC)c1OCc1ccc(Cl)cc1. The van der Waals surface area contributed by atoms with Crippen molar-refractivity contribution in [2.75, 3.05) is 18.6 Å². The number of allylic oxidation sites excluding steroid dienone is 1. The number of halogens is 1. The summed E-state index contributed by atoms with van der Waals surface area (Å²) in [6.45, 7) is 6.63. The van der Waals surface area contributed by atoms with Gasteiger partial charge >= 0.3 is 0 Å². The van der Waals surface area contributed by atoms with E-state index in [1.165, 1.54) is 16.7 Å². The molecule has 1 saturated heterocycles. The zero-order chi connectivity index (χ0) is 26.4. The topological polar surface area (TPSA) is 48.0 Å². The fourth-order valence-electron chi connectivity index (χ4n) is 3.88. The van der Waals surface area contributed by atoms with Crippen LogP contribution in [0.2, 0.25) is 5.02 Å². The third-order valence-electron chi connectivity index (χ3n) is 5.53. The summed E-state index contributed by atoms with van der Waals surface area (Å²) in [6.07, 6.45) is 4.21. The van der Waals surface area contributed by atoms with E-state index in [4.69, 9.17) is 38.0 Å². The van der Waals surface area contributed by atoms with Gasteiger partial charge in [-0.3, -0.25) is 9.69 Å². The normalized spacial score (nSPS) is 14.2. The van der Waals surface area contributed by atoms with Gasteiger partial charge in [-0.15, -0.1) is 6.58 Å². The Kier molecular flexibility index (Phi) is 8.92. The molecule has 0 N–H and O–H groups in total. The van der Waals surface area contributed by atoms with Gasteiger partial charge in [0.05, 0.1) is 24.3 Å². The summed E-state index contributed by atoms with van der Waals surface area (Å²) < 4.78 is 18.0. The predicted molar refractivity (Wildman–Crippen MR) is 156 cm³/mol. The summed E-state index contributed by atoms with van der Waals surface area (Å²) >= 11 is 12.8. The van der Waals surface area contributed by atoms with E-state index >= 15 is 0 Å². The maximum absolute atomic E-state index is 13.4. The molecule has 0 unspecified atom stereocenters. The van der Waals surface area contributed by atoms with Crippen molar-refractivity contribution in [3.8, 4) is 17.2 Å². The molecule has 1 aliphatic rings. The number of anilines is 1. The largest absolute Gasteiger partial charge is 0.495 e. The Bertz CT molecular complexity index is 1350. The number of rotatable bonds is 10. The van der Waals surface area contributed by atoms with Crippen molar-refractivity contribution in [1.29, 1.82) is 0 Å². The third-order valence-corrected chi connectivity index (χ3v) is 7.09. The maximum Gasteiger partial charge on any atom is 0.270 e. The number of hydrogen-bond acceptors (Lipinski definition) is 6. The van der Waals surface area contributed by atoms with E-state index in [1.807, 2.05) is 73.7 Å². The molecule has 37 heavy (non-hydrogen) atoms. The number of carbonyl (C=O) groups is 1. The van der Waals surface area contributed by atoms with Crippen LogP contribution in [0, 0.1) is 0 Å². The Labute approximate surface area is 231 Å². The Morgan fingerprint density at radius 1 is 1.08 bits per heavy atom. The zero-order valence-corrected chi connectivity index (χ0v) is 22.9. The molecule has 0 spiro atoms. The molecule has 190 valence electrons. The summed E-state index contributed by atoms with van der Waals surface area (Å²) in [6, 6.07) is 18.7. The second-order valence-corrected chi connectivity index (χ2v) is 10.1. The van der Waals surface area contributed by atoms with Crippen molar-refractivity contribution in [3.05, 3.63) is 99.9 Å². The molecule has 1 aliphatic heterocycles. The van der Waals surface area contributed by atoms with E-state index in [0.717, 1.165) is 16.7 Å². The molecule has 0 atom stereocenters. The van der Waals surface area contributed by atoms with Gasteiger partial charge in [0.2, 0.25) is 0 Å². The van der Waals surface area contributed by atoms with Crippen LogP contribution < -0.4 is 19.1 Å². The second-order valence-electron chi connectivity index (χ2n) is 8.04. The molecule has 0 radical (unpaired) electrons. The number of methoxy groups -OCH3 is 1. The van der Waals surface area contributed by atoms with Crippen LogP contribution in [0.15, 0.2) is 78.2 Å². The van der Waals surface area contributed by atoms with Gasteiger partial charge in [-0.1, -0.05) is 65.9 Å². The highest BCUT2D eigenvalue weighted by molar-refractivity contribution is 8.27. The quantitative estimate of drug-likeness (QED) is 0.148. The van der Waals surface area contributed by atoms with Crippen LogP contribution in [0.1, 0.15) is 23.6 Å².